The van der Waals surface area contributed by atoms with Gasteiger partial charge < -0.3 is 14.9 Å². The molecule has 0 saturated carbocycles. The van der Waals surface area contributed by atoms with Crippen LogP contribution in [0.5, 0.6) is 11.5 Å². The van der Waals surface area contributed by atoms with Crippen LogP contribution in [0.1, 0.15) is 12.5 Å². The Kier molecular flexibility index (Phi) is 3.48. The van der Waals surface area contributed by atoms with Crippen LogP contribution >= 0.6 is 0 Å². The zero-order valence-electron chi connectivity index (χ0n) is 7.86. The fourth-order valence-corrected chi connectivity index (χ4v) is 1.14. The second-order valence-corrected chi connectivity index (χ2v) is 2.86. The molecule has 4 nitrogen and oxygen atoms in total. The van der Waals surface area contributed by atoms with Gasteiger partial charge in [0, 0.05) is 19.1 Å². The Morgan fingerprint density at radius 1 is 1.50 bits per heavy atom. The molecular weight excluding hydrogens is 184 g/mol. The Labute approximate surface area is 81.8 Å². The monoisotopic (exact) mass is 196 g/mol. The van der Waals surface area contributed by atoms with E-state index in [9.17, 15) is 9.90 Å². The van der Waals surface area contributed by atoms with E-state index in [0.29, 0.717) is 17.7 Å². The van der Waals surface area contributed by atoms with E-state index in [1.165, 1.54) is 25.1 Å². The Balaban J connectivity index is 2.95. The van der Waals surface area contributed by atoms with Crippen molar-refractivity contribution >= 4 is 5.97 Å². The van der Waals surface area contributed by atoms with Crippen LogP contribution in [0.25, 0.3) is 0 Å². The number of rotatable bonds is 3. The molecule has 0 aliphatic heterocycles. The Morgan fingerprint density at radius 3 is 2.79 bits per heavy atom. The lowest BCUT2D eigenvalue weighted by Crippen LogP contribution is -2.04. The number of phenols is 1. The zero-order valence-corrected chi connectivity index (χ0v) is 7.86. The van der Waals surface area contributed by atoms with Gasteiger partial charge in [0.15, 0.2) is 0 Å². The highest BCUT2D eigenvalue weighted by Gasteiger charge is 2.06. The summed E-state index contributed by atoms with van der Waals surface area (Å²) in [6.45, 7) is 1.24. The van der Waals surface area contributed by atoms with Crippen molar-refractivity contribution in [1.29, 1.82) is 0 Å². The molecule has 4 heteroatoms. The predicted molar refractivity (Wildman–Crippen MR) is 50.2 cm³/mol. The first-order chi connectivity index (χ1) is 6.63. The fraction of sp³-hybridized carbons (Fsp3) is 0.300. The van der Waals surface area contributed by atoms with Crippen LogP contribution in [0.4, 0.5) is 0 Å². The number of carbonyl (C=O) groups excluding carboxylic acids is 1. The Morgan fingerprint density at radius 2 is 2.21 bits per heavy atom. The van der Waals surface area contributed by atoms with E-state index >= 15 is 0 Å². The number of benzene rings is 1. The van der Waals surface area contributed by atoms with Crippen LogP contribution in [0.3, 0.4) is 0 Å². The molecule has 0 bridgehead atoms. The molecule has 0 radical (unpaired) electrons. The van der Waals surface area contributed by atoms with E-state index in [1.54, 1.807) is 0 Å². The van der Waals surface area contributed by atoms with Crippen LogP contribution in [0.2, 0.25) is 0 Å². The third-order valence-corrected chi connectivity index (χ3v) is 1.68. The van der Waals surface area contributed by atoms with E-state index in [4.69, 9.17) is 9.84 Å². The van der Waals surface area contributed by atoms with Gasteiger partial charge in [0.25, 0.3) is 0 Å². The van der Waals surface area contributed by atoms with Crippen LogP contribution in [-0.2, 0) is 11.2 Å². The van der Waals surface area contributed by atoms with Crippen LogP contribution in [0.15, 0.2) is 18.2 Å². The van der Waals surface area contributed by atoms with E-state index in [2.05, 4.69) is 0 Å². The summed E-state index contributed by atoms with van der Waals surface area (Å²) in [6, 6.07) is 4.40. The molecule has 0 aromatic heterocycles. The van der Waals surface area contributed by atoms with Crippen molar-refractivity contribution in [3.63, 3.8) is 0 Å². The SMILES string of the molecule is CC(=O)Oc1ccc(O)cc1CCO. The zero-order chi connectivity index (χ0) is 10.6. The van der Waals surface area contributed by atoms with Gasteiger partial charge in [-0.2, -0.15) is 0 Å². The summed E-state index contributed by atoms with van der Waals surface area (Å²) < 4.78 is 4.89. The van der Waals surface area contributed by atoms with Crippen LogP contribution < -0.4 is 4.74 Å². The first kappa shape index (κ1) is 10.5. The highest BCUT2D eigenvalue weighted by atomic mass is 16.5. The number of aliphatic hydroxyl groups is 1. The average Bonchev–Trinajstić information content (AvgIpc) is 2.09. The van der Waals surface area contributed by atoms with Crippen molar-refractivity contribution in [2.45, 2.75) is 13.3 Å². The highest BCUT2D eigenvalue weighted by Crippen LogP contribution is 2.23. The van der Waals surface area contributed by atoms with Crippen molar-refractivity contribution in [1.82, 2.24) is 0 Å². The van der Waals surface area contributed by atoms with Crippen molar-refractivity contribution in [2.24, 2.45) is 0 Å². The number of phenolic OH excluding ortho intramolecular Hbond substituents is 1. The predicted octanol–water partition coefficient (Wildman–Crippen LogP) is 0.852. The molecule has 0 fully saturated rings. The maximum Gasteiger partial charge on any atom is 0.308 e. The molecule has 0 heterocycles. The number of esters is 1. The Hall–Kier alpha value is -1.55. The molecule has 0 atom stereocenters. The molecule has 0 amide bonds. The smallest absolute Gasteiger partial charge is 0.308 e. The molecule has 0 aliphatic rings. The lowest BCUT2D eigenvalue weighted by molar-refractivity contribution is -0.131. The molecule has 1 rings (SSSR count). The molecule has 2 N–H and O–H groups in total. The van der Waals surface area contributed by atoms with Gasteiger partial charge in [-0.1, -0.05) is 0 Å². The number of ether oxygens (including phenoxy) is 1. The standard InChI is InChI=1S/C10H12O4/c1-7(12)14-10-3-2-9(13)6-8(10)4-5-11/h2-3,6,11,13H,4-5H2,1H3. The van der Waals surface area contributed by atoms with Crippen molar-refractivity contribution in [3.8, 4) is 11.5 Å². The second-order valence-electron chi connectivity index (χ2n) is 2.86. The van der Waals surface area contributed by atoms with E-state index < -0.39 is 5.97 Å². The maximum absolute atomic E-state index is 10.7. The number of carbonyl (C=O) groups is 1. The molecule has 0 unspecified atom stereocenters. The van der Waals surface area contributed by atoms with Gasteiger partial charge in [0.2, 0.25) is 0 Å². The molecule has 76 valence electrons. The van der Waals surface area contributed by atoms with Crippen LogP contribution in [-0.4, -0.2) is 22.8 Å². The van der Waals surface area contributed by atoms with E-state index in [0.717, 1.165) is 0 Å². The highest BCUT2D eigenvalue weighted by molar-refractivity contribution is 5.70. The maximum atomic E-state index is 10.7. The van der Waals surface area contributed by atoms with Gasteiger partial charge in [-0.3, -0.25) is 4.79 Å². The molecule has 1 aromatic carbocycles. The largest absolute Gasteiger partial charge is 0.508 e. The second kappa shape index (κ2) is 4.62. The summed E-state index contributed by atoms with van der Waals surface area (Å²) in [5.41, 5.74) is 0.614. The van der Waals surface area contributed by atoms with Crippen molar-refractivity contribution < 1.29 is 19.7 Å². The summed E-state index contributed by atoms with van der Waals surface area (Å²) in [5.74, 6) is 0.0450. The number of aliphatic hydroxyl groups excluding tert-OH is 1. The topological polar surface area (TPSA) is 66.8 Å². The molecule has 14 heavy (non-hydrogen) atoms. The average molecular weight is 196 g/mol. The summed E-state index contributed by atoms with van der Waals surface area (Å²) in [4.78, 5) is 10.7. The third-order valence-electron chi connectivity index (χ3n) is 1.68. The molecule has 0 spiro atoms. The quantitative estimate of drug-likeness (QED) is 0.555. The fourth-order valence-electron chi connectivity index (χ4n) is 1.14. The summed E-state index contributed by atoms with van der Waals surface area (Å²) in [7, 11) is 0. The molecule has 0 aliphatic carbocycles. The number of hydrogen-bond acceptors (Lipinski definition) is 4. The number of aromatic hydroxyl groups is 1. The minimum Gasteiger partial charge on any atom is -0.508 e. The van der Waals surface area contributed by atoms with Gasteiger partial charge >= 0.3 is 5.97 Å². The van der Waals surface area contributed by atoms with Crippen LogP contribution in [0, 0.1) is 0 Å². The van der Waals surface area contributed by atoms with Gasteiger partial charge in [-0.05, 0) is 24.6 Å². The normalized spacial score (nSPS) is 9.86. The van der Waals surface area contributed by atoms with Gasteiger partial charge in [0.1, 0.15) is 11.5 Å². The van der Waals surface area contributed by atoms with Gasteiger partial charge in [-0.15, -0.1) is 0 Å². The first-order valence-corrected chi connectivity index (χ1v) is 4.24. The summed E-state index contributed by atoms with van der Waals surface area (Å²) >= 11 is 0. The molecule has 0 saturated heterocycles. The lowest BCUT2D eigenvalue weighted by atomic mass is 10.1. The number of hydrogen-bond donors (Lipinski definition) is 2. The van der Waals surface area contributed by atoms with Crippen molar-refractivity contribution in [2.75, 3.05) is 6.61 Å². The first-order valence-electron chi connectivity index (χ1n) is 4.24. The molecule has 1 aromatic rings. The summed E-state index contributed by atoms with van der Waals surface area (Å²) in [6.07, 6.45) is 0.344. The van der Waals surface area contributed by atoms with E-state index in [-0.39, 0.29) is 12.4 Å². The molecular formula is C10H12O4. The Bertz CT molecular complexity index is 333. The lowest BCUT2D eigenvalue weighted by Gasteiger charge is -2.07. The third kappa shape index (κ3) is 2.74. The van der Waals surface area contributed by atoms with Crippen molar-refractivity contribution in [3.05, 3.63) is 23.8 Å². The van der Waals surface area contributed by atoms with Gasteiger partial charge in [0.05, 0.1) is 0 Å². The minimum atomic E-state index is -0.421. The van der Waals surface area contributed by atoms with E-state index in [1.807, 2.05) is 0 Å². The minimum absolute atomic E-state index is 0.0578. The van der Waals surface area contributed by atoms with Gasteiger partial charge in [-0.25, -0.2) is 0 Å². The summed E-state index contributed by atoms with van der Waals surface area (Å²) in [5, 5.41) is 17.9.